The number of ether oxygens (including phenoxy) is 1. The van der Waals surface area contributed by atoms with E-state index in [4.69, 9.17) is 9.72 Å². The van der Waals surface area contributed by atoms with Gasteiger partial charge in [-0.1, -0.05) is 30.3 Å². The lowest BCUT2D eigenvalue weighted by Gasteiger charge is -2.33. The van der Waals surface area contributed by atoms with E-state index in [1.54, 1.807) is 6.20 Å². The zero-order valence-electron chi connectivity index (χ0n) is 17.1. The molecule has 1 amide bonds. The van der Waals surface area contributed by atoms with E-state index in [2.05, 4.69) is 15.2 Å². The fraction of sp³-hybridized carbons (Fsp3) is 0.292. The Morgan fingerprint density at radius 2 is 1.93 bits per heavy atom. The Bertz CT molecular complexity index is 976. The number of aromatic nitrogens is 2. The molecule has 0 saturated carbocycles. The second kappa shape index (κ2) is 9.39. The van der Waals surface area contributed by atoms with Crippen molar-refractivity contribution in [1.29, 1.82) is 0 Å². The van der Waals surface area contributed by atoms with E-state index in [0.29, 0.717) is 19.0 Å². The molecule has 2 aromatic carbocycles. The largest absolute Gasteiger partial charge is 0.494 e. The molecule has 6 heteroatoms. The van der Waals surface area contributed by atoms with E-state index in [1.807, 2.05) is 67.6 Å². The van der Waals surface area contributed by atoms with Gasteiger partial charge >= 0.3 is 0 Å². The summed E-state index contributed by atoms with van der Waals surface area (Å²) in [5.41, 5.74) is 1.77. The Kier molecular flexibility index (Phi) is 6.23. The van der Waals surface area contributed by atoms with E-state index in [1.165, 1.54) is 0 Å². The quantitative estimate of drug-likeness (QED) is 0.662. The predicted octanol–water partition coefficient (Wildman–Crippen LogP) is 4.40. The highest BCUT2D eigenvalue weighted by Crippen LogP contribution is 2.25. The number of nitrogens with zero attached hydrogens (tertiary/aromatic N) is 3. The fourth-order valence-electron chi connectivity index (χ4n) is 3.70. The van der Waals surface area contributed by atoms with Crippen molar-refractivity contribution in [2.24, 2.45) is 5.92 Å². The first-order chi connectivity index (χ1) is 14.7. The molecular formula is C24H26N4O2. The van der Waals surface area contributed by atoms with Gasteiger partial charge in [0.2, 0.25) is 5.91 Å². The maximum atomic E-state index is 12.8. The Morgan fingerprint density at radius 3 is 2.70 bits per heavy atom. The topological polar surface area (TPSA) is 67.3 Å². The van der Waals surface area contributed by atoms with Crippen LogP contribution in [0, 0.1) is 5.92 Å². The molecule has 1 N–H and O–H groups in total. The average Bonchev–Trinajstić information content (AvgIpc) is 2.81. The van der Waals surface area contributed by atoms with E-state index in [9.17, 15) is 4.79 Å². The van der Waals surface area contributed by atoms with Gasteiger partial charge in [0.1, 0.15) is 11.6 Å². The second-order valence-electron chi connectivity index (χ2n) is 7.34. The summed E-state index contributed by atoms with van der Waals surface area (Å²) in [6.45, 7) is 4.11. The Hall–Kier alpha value is -3.41. The van der Waals surface area contributed by atoms with Gasteiger partial charge in [-0.05, 0) is 50.1 Å². The van der Waals surface area contributed by atoms with E-state index >= 15 is 0 Å². The fourth-order valence-corrected chi connectivity index (χ4v) is 3.70. The Labute approximate surface area is 176 Å². The minimum absolute atomic E-state index is 0.0428. The summed E-state index contributed by atoms with van der Waals surface area (Å²) in [6, 6.07) is 19.4. The number of carbonyl (C=O) groups excluding carboxylic acids is 1. The number of amides is 1. The molecule has 4 rings (SSSR count). The molecule has 1 atom stereocenters. The van der Waals surface area contributed by atoms with Crippen LogP contribution in [0.4, 0.5) is 11.5 Å². The molecule has 1 aliphatic heterocycles. The highest BCUT2D eigenvalue weighted by molar-refractivity contribution is 5.93. The standard InChI is InChI=1S/C24H26N4O2/c1-2-30-21-12-10-20(11-13-21)26-24(29)19-9-6-16-28(17-19)22-14-15-25-23(27-22)18-7-4-3-5-8-18/h3-5,7-8,10-15,19H,2,6,9,16-17H2,1H3,(H,26,29). The van der Waals surface area contributed by atoms with Crippen molar-refractivity contribution >= 4 is 17.4 Å². The van der Waals surface area contributed by atoms with E-state index in [-0.39, 0.29) is 11.8 Å². The molecule has 1 fully saturated rings. The number of carbonyl (C=O) groups is 1. The number of nitrogens with one attached hydrogen (secondary N) is 1. The lowest BCUT2D eigenvalue weighted by atomic mass is 9.97. The highest BCUT2D eigenvalue weighted by Gasteiger charge is 2.27. The van der Waals surface area contributed by atoms with Gasteiger partial charge < -0.3 is 15.0 Å². The molecule has 1 aromatic heterocycles. The van der Waals surface area contributed by atoms with E-state index in [0.717, 1.165) is 42.2 Å². The maximum absolute atomic E-state index is 12.8. The molecular weight excluding hydrogens is 376 g/mol. The molecule has 6 nitrogen and oxygen atoms in total. The second-order valence-corrected chi connectivity index (χ2v) is 7.34. The molecule has 1 unspecified atom stereocenters. The first-order valence-corrected chi connectivity index (χ1v) is 10.4. The molecule has 0 radical (unpaired) electrons. The molecule has 3 aromatic rings. The molecule has 0 spiro atoms. The number of hydrogen-bond acceptors (Lipinski definition) is 5. The smallest absolute Gasteiger partial charge is 0.229 e. The molecule has 1 saturated heterocycles. The first-order valence-electron chi connectivity index (χ1n) is 10.4. The zero-order valence-corrected chi connectivity index (χ0v) is 17.1. The summed E-state index contributed by atoms with van der Waals surface area (Å²) in [6.07, 6.45) is 3.61. The summed E-state index contributed by atoms with van der Waals surface area (Å²) >= 11 is 0. The van der Waals surface area contributed by atoms with Gasteiger partial charge in [0.25, 0.3) is 0 Å². The highest BCUT2D eigenvalue weighted by atomic mass is 16.5. The van der Waals surface area contributed by atoms with Gasteiger partial charge in [0.15, 0.2) is 5.82 Å². The van der Waals surface area contributed by atoms with Crippen molar-refractivity contribution in [2.75, 3.05) is 29.9 Å². The molecule has 1 aliphatic rings. The minimum Gasteiger partial charge on any atom is -0.494 e. The SMILES string of the molecule is CCOc1ccc(NC(=O)C2CCCN(c3ccnc(-c4ccccc4)n3)C2)cc1. The van der Waals surface area contributed by atoms with Gasteiger partial charge in [-0.25, -0.2) is 9.97 Å². The van der Waals surface area contributed by atoms with Crippen LogP contribution in [0.2, 0.25) is 0 Å². The maximum Gasteiger partial charge on any atom is 0.229 e. The van der Waals surface area contributed by atoms with Gasteiger partial charge in [0, 0.05) is 30.5 Å². The first kappa shape index (κ1) is 19.9. The summed E-state index contributed by atoms with van der Waals surface area (Å²) in [4.78, 5) is 24.2. The van der Waals surface area contributed by atoms with Gasteiger partial charge in [0.05, 0.1) is 12.5 Å². The number of hydrogen-bond donors (Lipinski definition) is 1. The monoisotopic (exact) mass is 402 g/mol. The zero-order chi connectivity index (χ0) is 20.8. The van der Waals surface area contributed by atoms with Crippen LogP contribution in [0.1, 0.15) is 19.8 Å². The number of anilines is 2. The van der Waals surface area contributed by atoms with Crippen LogP contribution in [0.25, 0.3) is 11.4 Å². The summed E-state index contributed by atoms with van der Waals surface area (Å²) in [5.74, 6) is 2.33. The van der Waals surface area contributed by atoms with Crippen molar-refractivity contribution < 1.29 is 9.53 Å². The average molecular weight is 402 g/mol. The molecule has 0 aliphatic carbocycles. The Morgan fingerprint density at radius 1 is 1.13 bits per heavy atom. The third-order valence-corrected chi connectivity index (χ3v) is 5.22. The number of piperidine rings is 1. The van der Waals surface area contributed by atoms with Crippen LogP contribution >= 0.6 is 0 Å². The van der Waals surface area contributed by atoms with Crippen molar-refractivity contribution in [2.45, 2.75) is 19.8 Å². The van der Waals surface area contributed by atoms with Crippen molar-refractivity contribution in [3.8, 4) is 17.1 Å². The summed E-state index contributed by atoms with van der Waals surface area (Å²) < 4.78 is 5.46. The lowest BCUT2D eigenvalue weighted by Crippen LogP contribution is -2.41. The van der Waals surface area contributed by atoms with Crippen LogP contribution in [-0.2, 0) is 4.79 Å². The van der Waals surface area contributed by atoms with Gasteiger partial charge in [-0.2, -0.15) is 0 Å². The summed E-state index contributed by atoms with van der Waals surface area (Å²) in [7, 11) is 0. The predicted molar refractivity (Wildman–Crippen MR) is 119 cm³/mol. The third-order valence-electron chi connectivity index (χ3n) is 5.22. The van der Waals surface area contributed by atoms with E-state index < -0.39 is 0 Å². The van der Waals surface area contributed by atoms with Gasteiger partial charge in [-0.15, -0.1) is 0 Å². The number of benzene rings is 2. The van der Waals surface area contributed by atoms with Crippen molar-refractivity contribution in [3.05, 3.63) is 66.9 Å². The van der Waals surface area contributed by atoms with Crippen LogP contribution in [0.5, 0.6) is 5.75 Å². The van der Waals surface area contributed by atoms with Crippen LogP contribution < -0.4 is 15.0 Å². The number of rotatable bonds is 6. The van der Waals surface area contributed by atoms with Crippen molar-refractivity contribution in [1.82, 2.24) is 9.97 Å². The van der Waals surface area contributed by atoms with Crippen LogP contribution in [0.15, 0.2) is 66.9 Å². The minimum atomic E-state index is -0.0829. The lowest BCUT2D eigenvalue weighted by molar-refractivity contribution is -0.120. The molecule has 0 bridgehead atoms. The third kappa shape index (κ3) is 4.76. The molecule has 2 heterocycles. The normalized spacial score (nSPS) is 16.2. The Balaban J connectivity index is 1.42. The molecule has 30 heavy (non-hydrogen) atoms. The van der Waals surface area contributed by atoms with Crippen LogP contribution in [-0.4, -0.2) is 35.6 Å². The molecule has 154 valence electrons. The summed E-state index contributed by atoms with van der Waals surface area (Å²) in [5, 5.41) is 3.04. The van der Waals surface area contributed by atoms with Crippen molar-refractivity contribution in [3.63, 3.8) is 0 Å². The van der Waals surface area contributed by atoms with Gasteiger partial charge in [-0.3, -0.25) is 4.79 Å². The van der Waals surface area contributed by atoms with Crippen LogP contribution in [0.3, 0.4) is 0 Å².